The number of hydrogen-bond acceptors (Lipinski definition) is 1. The quantitative estimate of drug-likeness (QED) is 0.500. The number of Topliss-reactive ketones (excluding diaryl/α,β-unsaturated/α-hetero) is 1. The zero-order chi connectivity index (χ0) is 7.14. The maximum absolute atomic E-state index is 11.3. The molecule has 0 aromatic heterocycles. The molecule has 10 heavy (non-hydrogen) atoms. The first-order chi connectivity index (χ1) is 4.77. The fourth-order valence-electron chi connectivity index (χ4n) is 2.49. The number of ketones is 1. The predicted octanol–water partition coefficient (Wildman–Crippen LogP) is 2.01. The van der Waals surface area contributed by atoms with Crippen molar-refractivity contribution < 1.29 is 4.79 Å². The molecule has 56 valence electrons. The Morgan fingerprint density at radius 2 is 2.20 bits per heavy atom. The average molecular weight is 138 g/mol. The third kappa shape index (κ3) is 0.799. The van der Waals surface area contributed by atoms with Gasteiger partial charge < -0.3 is 0 Å². The summed E-state index contributed by atoms with van der Waals surface area (Å²) in [6.07, 6.45) is 4.86. The Balaban J connectivity index is 2.17. The maximum atomic E-state index is 11.3. The Morgan fingerprint density at radius 1 is 1.40 bits per heavy atom. The van der Waals surface area contributed by atoms with Gasteiger partial charge in [0.05, 0.1) is 0 Å². The van der Waals surface area contributed by atoms with Crippen molar-refractivity contribution in [2.45, 2.75) is 32.6 Å². The topological polar surface area (TPSA) is 17.1 Å². The fourth-order valence-corrected chi connectivity index (χ4v) is 2.49. The summed E-state index contributed by atoms with van der Waals surface area (Å²) in [5, 5.41) is 0. The Kier molecular flexibility index (Phi) is 1.33. The van der Waals surface area contributed by atoms with Crippen LogP contribution in [0.15, 0.2) is 0 Å². The summed E-state index contributed by atoms with van der Waals surface area (Å²) in [5.74, 6) is 2.44. The largest absolute Gasteiger partial charge is 0.299 e. The van der Waals surface area contributed by atoms with E-state index in [1.807, 2.05) is 0 Å². The molecule has 3 atom stereocenters. The Hall–Kier alpha value is -0.330. The molecule has 0 unspecified atom stereocenters. The number of carbonyl (C=O) groups is 1. The van der Waals surface area contributed by atoms with Crippen LogP contribution in [0, 0.1) is 17.8 Å². The lowest BCUT2D eigenvalue weighted by molar-refractivity contribution is -0.126. The van der Waals surface area contributed by atoms with Crippen LogP contribution in [0.25, 0.3) is 0 Å². The van der Waals surface area contributed by atoms with Crippen LogP contribution in [-0.4, -0.2) is 5.78 Å². The third-order valence-electron chi connectivity index (χ3n) is 3.29. The monoisotopic (exact) mass is 138 g/mol. The first-order valence-corrected chi connectivity index (χ1v) is 4.30. The molecule has 1 nitrogen and oxygen atoms in total. The molecule has 0 spiro atoms. The highest BCUT2D eigenvalue weighted by Gasteiger charge is 2.38. The van der Waals surface area contributed by atoms with E-state index in [-0.39, 0.29) is 0 Å². The standard InChI is InChI=1S/C9H14O/c1-6-8-3-2-7(4-8)5-9(6)10/h6-8H,2-5H2,1H3/t6-,7-,8+/m0/s1. The van der Waals surface area contributed by atoms with E-state index in [0.29, 0.717) is 11.7 Å². The SMILES string of the molecule is C[C@@H]1C(=O)C[C@H]2CC[C@@H]1C2. The van der Waals surface area contributed by atoms with E-state index >= 15 is 0 Å². The maximum Gasteiger partial charge on any atom is 0.136 e. The van der Waals surface area contributed by atoms with Gasteiger partial charge in [-0.2, -0.15) is 0 Å². The molecule has 0 N–H and O–H groups in total. The van der Waals surface area contributed by atoms with Gasteiger partial charge in [-0.25, -0.2) is 0 Å². The Bertz CT molecular complexity index is 162. The molecule has 0 aromatic carbocycles. The van der Waals surface area contributed by atoms with Crippen molar-refractivity contribution in [1.29, 1.82) is 0 Å². The van der Waals surface area contributed by atoms with E-state index in [1.54, 1.807) is 0 Å². The molecule has 2 aliphatic rings. The zero-order valence-corrected chi connectivity index (χ0v) is 6.47. The molecule has 2 saturated carbocycles. The minimum Gasteiger partial charge on any atom is -0.299 e. The van der Waals surface area contributed by atoms with Crippen molar-refractivity contribution in [2.24, 2.45) is 17.8 Å². The number of rotatable bonds is 0. The minimum absolute atomic E-state index is 0.388. The summed E-state index contributed by atoms with van der Waals surface area (Å²) in [4.78, 5) is 11.3. The molecule has 1 heteroatoms. The molecule has 0 aromatic rings. The van der Waals surface area contributed by atoms with Gasteiger partial charge >= 0.3 is 0 Å². The van der Waals surface area contributed by atoms with E-state index in [4.69, 9.17) is 0 Å². The molecule has 2 rings (SSSR count). The van der Waals surface area contributed by atoms with Crippen LogP contribution in [0.1, 0.15) is 32.6 Å². The van der Waals surface area contributed by atoms with Gasteiger partial charge in [-0.3, -0.25) is 4.79 Å². The lowest BCUT2D eigenvalue weighted by Crippen LogP contribution is -2.24. The minimum atomic E-state index is 0.388. The zero-order valence-electron chi connectivity index (χ0n) is 6.47. The van der Waals surface area contributed by atoms with E-state index in [9.17, 15) is 4.79 Å². The Morgan fingerprint density at radius 3 is 3.00 bits per heavy atom. The van der Waals surface area contributed by atoms with Gasteiger partial charge in [-0.15, -0.1) is 0 Å². The highest BCUT2D eigenvalue weighted by molar-refractivity contribution is 5.82. The molecule has 2 fully saturated rings. The van der Waals surface area contributed by atoms with Crippen molar-refractivity contribution in [3.8, 4) is 0 Å². The van der Waals surface area contributed by atoms with E-state index in [1.165, 1.54) is 19.3 Å². The van der Waals surface area contributed by atoms with Crippen LogP contribution in [0.5, 0.6) is 0 Å². The van der Waals surface area contributed by atoms with Crippen molar-refractivity contribution in [3.63, 3.8) is 0 Å². The highest BCUT2D eigenvalue weighted by Crippen LogP contribution is 2.43. The summed E-state index contributed by atoms with van der Waals surface area (Å²) < 4.78 is 0. The number of fused-ring (bicyclic) bond motifs is 2. The molecule has 2 aliphatic carbocycles. The third-order valence-corrected chi connectivity index (χ3v) is 3.29. The second-order valence-electron chi connectivity index (χ2n) is 3.90. The van der Waals surface area contributed by atoms with Crippen LogP contribution >= 0.6 is 0 Å². The first kappa shape index (κ1) is 6.38. The van der Waals surface area contributed by atoms with Crippen LogP contribution in [-0.2, 0) is 4.79 Å². The lowest BCUT2D eigenvalue weighted by atomic mass is 9.80. The van der Waals surface area contributed by atoms with Gasteiger partial charge in [0.15, 0.2) is 0 Å². The molecule has 0 saturated heterocycles. The smallest absolute Gasteiger partial charge is 0.136 e. The van der Waals surface area contributed by atoms with Crippen molar-refractivity contribution >= 4 is 5.78 Å². The van der Waals surface area contributed by atoms with Gasteiger partial charge in [0.25, 0.3) is 0 Å². The Labute approximate surface area is 61.8 Å². The molecule has 2 bridgehead atoms. The van der Waals surface area contributed by atoms with Gasteiger partial charge in [0.2, 0.25) is 0 Å². The molecular weight excluding hydrogens is 124 g/mol. The van der Waals surface area contributed by atoms with Crippen LogP contribution in [0.3, 0.4) is 0 Å². The van der Waals surface area contributed by atoms with Crippen molar-refractivity contribution in [2.75, 3.05) is 0 Å². The second-order valence-corrected chi connectivity index (χ2v) is 3.90. The molecule has 0 aliphatic heterocycles. The molecular formula is C9H14O. The van der Waals surface area contributed by atoms with Gasteiger partial charge in [-0.1, -0.05) is 6.92 Å². The van der Waals surface area contributed by atoms with Gasteiger partial charge in [0, 0.05) is 12.3 Å². The van der Waals surface area contributed by atoms with E-state index in [2.05, 4.69) is 6.92 Å². The average Bonchev–Trinajstić information content (AvgIpc) is 2.29. The number of hydrogen-bond donors (Lipinski definition) is 0. The van der Waals surface area contributed by atoms with E-state index < -0.39 is 0 Å². The van der Waals surface area contributed by atoms with Gasteiger partial charge in [0.1, 0.15) is 5.78 Å². The highest BCUT2D eigenvalue weighted by atomic mass is 16.1. The molecule has 0 amide bonds. The van der Waals surface area contributed by atoms with Crippen molar-refractivity contribution in [3.05, 3.63) is 0 Å². The number of carbonyl (C=O) groups excluding carboxylic acids is 1. The predicted molar refractivity (Wildman–Crippen MR) is 39.6 cm³/mol. The summed E-state index contributed by atoms with van der Waals surface area (Å²) in [5.41, 5.74) is 0. The fraction of sp³-hybridized carbons (Fsp3) is 0.889. The summed E-state index contributed by atoms with van der Waals surface area (Å²) in [6, 6.07) is 0. The van der Waals surface area contributed by atoms with Crippen LogP contribution in [0.2, 0.25) is 0 Å². The molecule has 0 radical (unpaired) electrons. The lowest BCUT2D eigenvalue weighted by Gasteiger charge is -2.23. The summed E-state index contributed by atoms with van der Waals surface area (Å²) >= 11 is 0. The van der Waals surface area contributed by atoms with Crippen LogP contribution < -0.4 is 0 Å². The van der Waals surface area contributed by atoms with Crippen LogP contribution in [0.4, 0.5) is 0 Å². The molecule has 0 heterocycles. The summed E-state index contributed by atoms with van der Waals surface area (Å²) in [7, 11) is 0. The van der Waals surface area contributed by atoms with E-state index in [0.717, 1.165) is 18.3 Å². The second kappa shape index (κ2) is 2.08. The van der Waals surface area contributed by atoms with Gasteiger partial charge in [-0.05, 0) is 31.1 Å². The normalized spacial score (nSPS) is 46.1. The first-order valence-electron chi connectivity index (χ1n) is 4.30. The summed E-state index contributed by atoms with van der Waals surface area (Å²) in [6.45, 7) is 2.11. The van der Waals surface area contributed by atoms with Crippen molar-refractivity contribution in [1.82, 2.24) is 0 Å².